The Hall–Kier alpha value is -1.59. The fourth-order valence-corrected chi connectivity index (χ4v) is 1.95. The lowest BCUT2D eigenvalue weighted by molar-refractivity contribution is 0.0997. The number of halogens is 1. The fourth-order valence-electron chi connectivity index (χ4n) is 1.73. The number of nitrogens with zero attached hydrogens (tertiary/aromatic N) is 3. The van der Waals surface area contributed by atoms with Gasteiger partial charge in [0.05, 0.1) is 17.8 Å². The zero-order valence-electron chi connectivity index (χ0n) is 11.2. The van der Waals surface area contributed by atoms with Gasteiger partial charge in [0.15, 0.2) is 5.76 Å². The van der Waals surface area contributed by atoms with Gasteiger partial charge in [-0.05, 0) is 33.2 Å². The number of carbonyl (C=O) groups excluding carboxylic acids is 1. The topological polar surface area (TPSA) is 51.3 Å². The maximum atomic E-state index is 12.4. The molecular formula is C13H16ClN3O2. The Labute approximate surface area is 116 Å². The molecule has 19 heavy (non-hydrogen) atoms. The molecule has 2 heterocycles. The molecule has 0 fully saturated rings. The molecule has 0 unspecified atom stereocenters. The Bertz CT molecular complexity index is 586. The van der Waals surface area contributed by atoms with Crippen molar-refractivity contribution in [3.63, 3.8) is 0 Å². The summed E-state index contributed by atoms with van der Waals surface area (Å²) in [5.41, 5.74) is 0.373. The summed E-state index contributed by atoms with van der Waals surface area (Å²) < 4.78 is 6.96. The third-order valence-electron chi connectivity index (χ3n) is 2.73. The Morgan fingerprint density at radius 1 is 1.47 bits per heavy atom. The van der Waals surface area contributed by atoms with E-state index in [4.69, 9.17) is 16.0 Å². The predicted molar refractivity (Wildman–Crippen MR) is 72.7 cm³/mol. The van der Waals surface area contributed by atoms with Crippen molar-refractivity contribution in [2.75, 3.05) is 20.6 Å². The van der Waals surface area contributed by atoms with E-state index in [1.807, 2.05) is 19.0 Å². The van der Waals surface area contributed by atoms with E-state index in [1.165, 1.54) is 6.20 Å². The van der Waals surface area contributed by atoms with Crippen LogP contribution in [0.2, 0.25) is 5.02 Å². The van der Waals surface area contributed by atoms with Gasteiger partial charge in [0.25, 0.3) is 0 Å². The molecule has 0 radical (unpaired) electrons. The summed E-state index contributed by atoms with van der Waals surface area (Å²) >= 11 is 6.05. The summed E-state index contributed by atoms with van der Waals surface area (Å²) in [5.74, 6) is 0.735. The van der Waals surface area contributed by atoms with Gasteiger partial charge in [-0.25, -0.2) is 0 Å². The number of hydrogen-bond acceptors (Lipinski definition) is 4. The number of aryl methyl sites for hydroxylation is 1. The lowest BCUT2D eigenvalue weighted by atomic mass is 10.2. The first-order valence-corrected chi connectivity index (χ1v) is 6.34. The minimum absolute atomic E-state index is 0.241. The number of ketones is 1. The Morgan fingerprint density at radius 3 is 2.79 bits per heavy atom. The van der Waals surface area contributed by atoms with Crippen LogP contribution in [-0.4, -0.2) is 41.1 Å². The summed E-state index contributed by atoms with van der Waals surface area (Å²) in [6, 6.07) is 3.40. The van der Waals surface area contributed by atoms with Gasteiger partial charge in [-0.1, -0.05) is 11.6 Å². The number of hydrogen-bond donors (Lipinski definition) is 0. The van der Waals surface area contributed by atoms with Gasteiger partial charge in [-0.15, -0.1) is 0 Å². The van der Waals surface area contributed by atoms with Crippen molar-refractivity contribution in [3.05, 3.63) is 40.6 Å². The van der Waals surface area contributed by atoms with Crippen LogP contribution in [0.25, 0.3) is 0 Å². The molecule has 0 aliphatic carbocycles. The molecule has 0 N–H and O–H groups in total. The van der Waals surface area contributed by atoms with Gasteiger partial charge in [0, 0.05) is 6.54 Å². The van der Waals surface area contributed by atoms with E-state index in [-0.39, 0.29) is 11.5 Å². The molecule has 0 spiro atoms. The Kier molecular flexibility index (Phi) is 4.07. The summed E-state index contributed by atoms with van der Waals surface area (Å²) in [5, 5.41) is 4.48. The first kappa shape index (κ1) is 13.8. The van der Waals surface area contributed by atoms with E-state index in [2.05, 4.69) is 5.10 Å². The molecule has 0 amide bonds. The molecule has 0 aromatic carbocycles. The molecule has 0 saturated heterocycles. The fraction of sp³-hybridized carbons (Fsp3) is 0.385. The predicted octanol–water partition coefficient (Wildman–Crippen LogP) is 2.23. The van der Waals surface area contributed by atoms with Crippen LogP contribution < -0.4 is 0 Å². The van der Waals surface area contributed by atoms with Crippen molar-refractivity contribution in [3.8, 4) is 0 Å². The minimum atomic E-state index is -0.241. The third kappa shape index (κ3) is 3.05. The van der Waals surface area contributed by atoms with Crippen LogP contribution in [0.3, 0.4) is 0 Å². The molecule has 0 atom stereocenters. The van der Waals surface area contributed by atoms with Crippen molar-refractivity contribution in [1.82, 2.24) is 14.7 Å². The summed E-state index contributed by atoms with van der Waals surface area (Å²) in [4.78, 5) is 14.4. The molecule has 6 heteroatoms. The van der Waals surface area contributed by atoms with Gasteiger partial charge >= 0.3 is 0 Å². The quantitative estimate of drug-likeness (QED) is 0.789. The van der Waals surface area contributed by atoms with Crippen molar-refractivity contribution in [2.45, 2.75) is 13.5 Å². The number of likely N-dealkylation sites (N-methyl/N-ethyl adjacent to an activating group) is 1. The normalized spacial score (nSPS) is 11.2. The molecule has 0 aliphatic rings. The van der Waals surface area contributed by atoms with Crippen molar-refractivity contribution < 1.29 is 9.21 Å². The number of furan rings is 1. The zero-order valence-corrected chi connectivity index (χ0v) is 11.9. The second-order valence-corrected chi connectivity index (χ2v) is 5.01. The Morgan fingerprint density at radius 2 is 2.21 bits per heavy atom. The highest BCUT2D eigenvalue weighted by Gasteiger charge is 2.21. The van der Waals surface area contributed by atoms with Crippen molar-refractivity contribution >= 4 is 17.4 Å². The number of aromatic nitrogens is 2. The van der Waals surface area contributed by atoms with Gasteiger partial charge in [-0.3, -0.25) is 9.48 Å². The van der Waals surface area contributed by atoms with Crippen LogP contribution in [0.4, 0.5) is 0 Å². The second kappa shape index (κ2) is 5.59. The molecule has 0 saturated carbocycles. The maximum Gasteiger partial charge on any atom is 0.247 e. The monoisotopic (exact) mass is 281 g/mol. The molecule has 2 aromatic rings. The average molecular weight is 282 g/mol. The molecule has 0 bridgehead atoms. The van der Waals surface area contributed by atoms with Crippen LogP contribution in [-0.2, 0) is 6.54 Å². The van der Waals surface area contributed by atoms with Gasteiger partial charge in [-0.2, -0.15) is 5.10 Å². The highest BCUT2D eigenvalue weighted by molar-refractivity contribution is 6.34. The summed E-state index contributed by atoms with van der Waals surface area (Å²) in [6.07, 6.45) is 1.49. The smallest absolute Gasteiger partial charge is 0.247 e. The van der Waals surface area contributed by atoms with Crippen LogP contribution >= 0.6 is 11.6 Å². The first-order valence-electron chi connectivity index (χ1n) is 5.96. The van der Waals surface area contributed by atoms with Crippen LogP contribution in [0.1, 0.15) is 22.0 Å². The molecule has 2 aromatic heterocycles. The van der Waals surface area contributed by atoms with E-state index in [1.54, 1.807) is 23.7 Å². The van der Waals surface area contributed by atoms with E-state index >= 15 is 0 Å². The molecule has 2 rings (SSSR count). The lowest BCUT2D eigenvalue weighted by Crippen LogP contribution is -2.21. The van der Waals surface area contributed by atoms with Gasteiger partial charge in [0.1, 0.15) is 11.5 Å². The number of carbonyl (C=O) groups is 1. The Balaban J connectivity index is 2.28. The molecule has 0 aliphatic heterocycles. The van der Waals surface area contributed by atoms with Crippen LogP contribution in [0.5, 0.6) is 0 Å². The highest BCUT2D eigenvalue weighted by Crippen LogP contribution is 2.20. The average Bonchev–Trinajstić information content (AvgIpc) is 2.92. The summed E-state index contributed by atoms with van der Waals surface area (Å²) in [6.45, 7) is 3.16. The third-order valence-corrected chi connectivity index (χ3v) is 3.01. The number of rotatable bonds is 5. The minimum Gasteiger partial charge on any atom is -0.458 e. The molecule has 102 valence electrons. The van der Waals surface area contributed by atoms with Gasteiger partial charge in [0.2, 0.25) is 5.78 Å². The molecule has 5 nitrogen and oxygen atoms in total. The van der Waals surface area contributed by atoms with Crippen molar-refractivity contribution in [1.29, 1.82) is 0 Å². The van der Waals surface area contributed by atoms with E-state index in [0.29, 0.717) is 23.0 Å². The van der Waals surface area contributed by atoms with Gasteiger partial charge < -0.3 is 9.32 Å². The molecular weight excluding hydrogens is 266 g/mol. The van der Waals surface area contributed by atoms with Crippen LogP contribution in [0.15, 0.2) is 22.7 Å². The maximum absolute atomic E-state index is 12.4. The zero-order chi connectivity index (χ0) is 14.0. The summed E-state index contributed by atoms with van der Waals surface area (Å²) in [7, 11) is 3.92. The second-order valence-electron chi connectivity index (χ2n) is 4.61. The lowest BCUT2D eigenvalue weighted by Gasteiger charge is -2.11. The highest BCUT2D eigenvalue weighted by atomic mass is 35.5. The van der Waals surface area contributed by atoms with E-state index in [0.717, 1.165) is 6.54 Å². The van der Waals surface area contributed by atoms with Crippen LogP contribution in [0, 0.1) is 6.92 Å². The van der Waals surface area contributed by atoms with Crippen molar-refractivity contribution in [2.24, 2.45) is 0 Å². The van der Waals surface area contributed by atoms with E-state index < -0.39 is 0 Å². The standard InChI is InChI=1S/C13H16ClN3O2/c1-9-4-5-11(19-9)13(18)12-10(14)8-15-17(12)7-6-16(2)3/h4-5,8H,6-7H2,1-3H3. The van der Waals surface area contributed by atoms with E-state index in [9.17, 15) is 4.79 Å². The largest absolute Gasteiger partial charge is 0.458 e. The SMILES string of the molecule is Cc1ccc(C(=O)c2c(Cl)cnn2CCN(C)C)o1. The first-order chi connectivity index (χ1) is 8.99.